The normalized spacial score (nSPS) is 12.1. The number of rotatable bonds is 5. The average molecular weight is 455 g/mol. The van der Waals surface area contributed by atoms with Crippen LogP contribution in [-0.2, 0) is 13.6 Å². The second-order valence-electron chi connectivity index (χ2n) is 5.06. The first-order valence-corrected chi connectivity index (χ1v) is 7.40. The lowest BCUT2D eigenvalue weighted by atomic mass is 10.3. The lowest BCUT2D eigenvalue weighted by Gasteiger charge is -2.12. The van der Waals surface area contributed by atoms with E-state index in [2.05, 4.69) is 20.6 Å². The van der Waals surface area contributed by atoms with Crippen LogP contribution in [0.1, 0.15) is 19.2 Å². The van der Waals surface area contributed by atoms with E-state index >= 15 is 0 Å². The van der Waals surface area contributed by atoms with Crippen molar-refractivity contribution in [1.82, 2.24) is 20.2 Å². The Morgan fingerprint density at radius 3 is 2.58 bits per heavy atom. The lowest BCUT2D eigenvalue weighted by molar-refractivity contribution is -0.132. The van der Waals surface area contributed by atoms with Gasteiger partial charge in [0.15, 0.2) is 5.96 Å². The summed E-state index contributed by atoms with van der Waals surface area (Å²) < 4.78 is 38.5. The van der Waals surface area contributed by atoms with Crippen LogP contribution in [0.5, 0.6) is 0 Å². The van der Waals surface area contributed by atoms with Gasteiger partial charge in [-0.05, 0) is 19.1 Å². The highest BCUT2D eigenvalue weighted by molar-refractivity contribution is 14.0. The molecule has 1 aromatic carbocycles. The Morgan fingerprint density at radius 2 is 1.96 bits per heavy atom. The molecule has 2 aromatic rings. The molecule has 1 aromatic heterocycles. The second-order valence-corrected chi connectivity index (χ2v) is 5.06. The van der Waals surface area contributed by atoms with E-state index in [4.69, 9.17) is 0 Å². The molecule has 134 valence electrons. The van der Waals surface area contributed by atoms with Crippen molar-refractivity contribution in [3.63, 3.8) is 0 Å². The van der Waals surface area contributed by atoms with Crippen molar-refractivity contribution < 1.29 is 13.2 Å². The highest BCUT2D eigenvalue weighted by Gasteiger charge is 2.26. The molecular formula is C15H21F3IN5. The summed E-state index contributed by atoms with van der Waals surface area (Å²) in [5, 5.41) is 5.61. The van der Waals surface area contributed by atoms with E-state index in [1.807, 2.05) is 42.8 Å². The van der Waals surface area contributed by atoms with Crippen LogP contribution in [0, 0.1) is 0 Å². The number of guanidine groups is 1. The molecule has 0 fully saturated rings. The largest absolute Gasteiger partial charge is 0.390 e. The zero-order chi connectivity index (χ0) is 16.9. The van der Waals surface area contributed by atoms with Gasteiger partial charge in [-0.15, -0.1) is 24.0 Å². The van der Waals surface area contributed by atoms with Gasteiger partial charge in [0.2, 0.25) is 0 Å². The van der Waals surface area contributed by atoms with Crippen LogP contribution >= 0.6 is 24.0 Å². The van der Waals surface area contributed by atoms with Gasteiger partial charge in [-0.2, -0.15) is 13.2 Å². The zero-order valence-electron chi connectivity index (χ0n) is 13.5. The zero-order valence-corrected chi connectivity index (χ0v) is 15.9. The van der Waals surface area contributed by atoms with E-state index in [-0.39, 0.29) is 37.1 Å². The molecule has 0 atom stereocenters. The van der Waals surface area contributed by atoms with E-state index < -0.39 is 12.6 Å². The minimum Gasteiger partial charge on any atom is -0.357 e. The second kappa shape index (κ2) is 9.09. The molecule has 0 bridgehead atoms. The van der Waals surface area contributed by atoms with Crippen molar-refractivity contribution in [2.24, 2.45) is 12.0 Å². The molecular weight excluding hydrogens is 434 g/mol. The number of hydrogen-bond acceptors (Lipinski definition) is 2. The summed E-state index contributed by atoms with van der Waals surface area (Å²) in [7, 11) is 1.89. The number of benzene rings is 1. The van der Waals surface area contributed by atoms with Crippen LogP contribution in [0.25, 0.3) is 11.0 Å². The number of alkyl halides is 3. The number of nitrogens with zero attached hydrogens (tertiary/aromatic N) is 3. The molecule has 0 unspecified atom stereocenters. The van der Waals surface area contributed by atoms with Gasteiger partial charge in [-0.25, -0.2) is 9.98 Å². The number of halogens is 4. The van der Waals surface area contributed by atoms with E-state index in [9.17, 15) is 13.2 Å². The molecule has 0 aliphatic carbocycles. The van der Waals surface area contributed by atoms with Crippen LogP contribution in [0.15, 0.2) is 29.3 Å². The predicted octanol–water partition coefficient (Wildman–Crippen LogP) is 3.20. The van der Waals surface area contributed by atoms with Gasteiger partial charge in [-0.3, -0.25) is 0 Å². The van der Waals surface area contributed by atoms with Crippen molar-refractivity contribution in [3.8, 4) is 0 Å². The molecule has 0 aliphatic rings. The summed E-state index contributed by atoms with van der Waals surface area (Å²) in [4.78, 5) is 8.79. The Balaban J connectivity index is 0.00000288. The van der Waals surface area contributed by atoms with Crippen LogP contribution in [0.3, 0.4) is 0 Å². The van der Waals surface area contributed by atoms with Gasteiger partial charge >= 0.3 is 6.18 Å². The fraction of sp³-hybridized carbons (Fsp3) is 0.467. The predicted molar refractivity (Wildman–Crippen MR) is 99.6 cm³/mol. The van der Waals surface area contributed by atoms with Crippen LogP contribution in [-0.4, -0.2) is 34.8 Å². The van der Waals surface area contributed by atoms with Gasteiger partial charge in [0.25, 0.3) is 0 Å². The highest BCUT2D eigenvalue weighted by Crippen LogP contribution is 2.18. The lowest BCUT2D eigenvalue weighted by Crippen LogP contribution is -2.39. The third-order valence-corrected chi connectivity index (χ3v) is 3.30. The highest BCUT2D eigenvalue weighted by atomic mass is 127. The Morgan fingerprint density at radius 1 is 1.25 bits per heavy atom. The summed E-state index contributed by atoms with van der Waals surface area (Å²) in [6.45, 7) is 2.50. The molecule has 5 nitrogen and oxygen atoms in total. The van der Waals surface area contributed by atoms with Crippen molar-refractivity contribution in [2.45, 2.75) is 26.1 Å². The van der Waals surface area contributed by atoms with Gasteiger partial charge in [0.05, 0.1) is 17.5 Å². The number of fused-ring (bicyclic) bond motifs is 1. The first-order valence-electron chi connectivity index (χ1n) is 7.40. The number of hydrogen-bond donors (Lipinski definition) is 2. The molecule has 1 heterocycles. The monoisotopic (exact) mass is 455 g/mol. The third-order valence-electron chi connectivity index (χ3n) is 3.30. The van der Waals surface area contributed by atoms with Crippen molar-refractivity contribution >= 4 is 41.0 Å². The summed E-state index contributed by atoms with van der Waals surface area (Å²) in [5.41, 5.74) is 1.86. The molecule has 9 heteroatoms. The molecule has 0 saturated heterocycles. The number of para-hydroxylation sites is 2. The Kier molecular flexibility index (Phi) is 7.77. The summed E-state index contributed by atoms with van der Waals surface area (Å²) in [6, 6.07) is 7.71. The third kappa shape index (κ3) is 5.84. The first-order chi connectivity index (χ1) is 10.9. The van der Waals surface area contributed by atoms with E-state index in [0.717, 1.165) is 16.9 Å². The molecule has 24 heavy (non-hydrogen) atoms. The van der Waals surface area contributed by atoms with Crippen LogP contribution < -0.4 is 10.6 Å². The molecule has 0 amide bonds. The fourth-order valence-corrected chi connectivity index (χ4v) is 2.15. The standard InChI is InChI=1S/C15H20F3N5.HI/c1-3-19-14(20-9-8-15(16,17)18)21-10-13-22-11-6-4-5-7-12(11)23(13)2;/h4-7H,3,8-10H2,1-2H3,(H2,19,20,21);1H. The smallest absolute Gasteiger partial charge is 0.357 e. The fourth-order valence-electron chi connectivity index (χ4n) is 2.15. The number of aryl methyl sites for hydroxylation is 1. The van der Waals surface area contributed by atoms with E-state index in [1.54, 1.807) is 0 Å². The van der Waals surface area contributed by atoms with Crippen LogP contribution in [0.2, 0.25) is 0 Å². The average Bonchev–Trinajstić information content (AvgIpc) is 2.80. The SMILES string of the molecule is CCNC(=NCc1nc2ccccc2n1C)NCCC(F)(F)F.I. The minimum absolute atomic E-state index is 0. The molecule has 2 N–H and O–H groups in total. The maximum atomic E-state index is 12.2. The minimum atomic E-state index is -4.18. The summed E-state index contributed by atoms with van der Waals surface area (Å²) >= 11 is 0. The van der Waals surface area contributed by atoms with Gasteiger partial charge in [0.1, 0.15) is 12.4 Å². The molecule has 2 rings (SSSR count). The molecule has 0 aliphatic heterocycles. The Hall–Kier alpha value is -1.52. The van der Waals surface area contributed by atoms with Gasteiger partial charge in [0, 0.05) is 20.1 Å². The van der Waals surface area contributed by atoms with Gasteiger partial charge < -0.3 is 15.2 Å². The van der Waals surface area contributed by atoms with Crippen molar-refractivity contribution in [2.75, 3.05) is 13.1 Å². The van der Waals surface area contributed by atoms with E-state index in [1.165, 1.54) is 0 Å². The summed E-state index contributed by atoms with van der Waals surface area (Å²) in [6.07, 6.45) is -5.08. The van der Waals surface area contributed by atoms with Crippen LogP contribution in [0.4, 0.5) is 13.2 Å². The van der Waals surface area contributed by atoms with Crippen molar-refractivity contribution in [3.05, 3.63) is 30.1 Å². The first kappa shape index (κ1) is 20.5. The maximum Gasteiger partial charge on any atom is 0.390 e. The topological polar surface area (TPSA) is 54.2 Å². The van der Waals surface area contributed by atoms with Gasteiger partial charge in [-0.1, -0.05) is 12.1 Å². The molecule has 0 spiro atoms. The Labute approximate surface area is 155 Å². The molecule has 0 radical (unpaired) electrons. The number of aromatic nitrogens is 2. The van der Waals surface area contributed by atoms with Crippen molar-refractivity contribution in [1.29, 1.82) is 0 Å². The number of nitrogens with one attached hydrogen (secondary N) is 2. The summed E-state index contributed by atoms with van der Waals surface area (Å²) in [5.74, 6) is 1.10. The maximum absolute atomic E-state index is 12.2. The van der Waals surface area contributed by atoms with E-state index in [0.29, 0.717) is 12.5 Å². The quantitative estimate of drug-likeness (QED) is 0.414. The number of aliphatic imine (C=N–C) groups is 1. The molecule has 0 saturated carbocycles. The number of imidazole rings is 1. The Bertz CT molecular complexity index is 681.